The van der Waals surface area contributed by atoms with Crippen LogP contribution in [0.4, 0.5) is 5.95 Å². The maximum atomic E-state index is 13.8. The van der Waals surface area contributed by atoms with E-state index in [2.05, 4.69) is 22.9 Å². The van der Waals surface area contributed by atoms with Crippen molar-refractivity contribution in [2.75, 3.05) is 18.0 Å². The number of anilines is 1. The lowest BCUT2D eigenvalue weighted by molar-refractivity contribution is 0.491. The molecular formula is C26H30N8O2. The quantitative estimate of drug-likeness (QED) is 0.442. The van der Waals surface area contributed by atoms with Crippen LogP contribution in [0.25, 0.3) is 21.9 Å². The predicted molar refractivity (Wildman–Crippen MR) is 139 cm³/mol. The minimum Gasteiger partial charge on any atom is -0.341 e. The Morgan fingerprint density at radius 2 is 2.03 bits per heavy atom. The van der Waals surface area contributed by atoms with E-state index in [0.29, 0.717) is 41.5 Å². The third kappa shape index (κ3) is 3.95. The molecular weight excluding hydrogens is 456 g/mol. The summed E-state index contributed by atoms with van der Waals surface area (Å²) in [6, 6.07) is 9.72. The fourth-order valence-corrected chi connectivity index (χ4v) is 5.06. The lowest BCUT2D eigenvalue weighted by Gasteiger charge is -2.31. The molecule has 0 radical (unpaired) electrons. The molecule has 1 aromatic carbocycles. The Bertz CT molecular complexity index is 1610. The molecule has 2 N–H and O–H groups in total. The third-order valence-corrected chi connectivity index (χ3v) is 6.99. The fraction of sp³-hybridized carbons (Fsp3) is 0.423. The molecule has 10 heteroatoms. The van der Waals surface area contributed by atoms with Gasteiger partial charge >= 0.3 is 5.69 Å². The first kappa shape index (κ1) is 23.8. The number of imidazole rings is 1. The Balaban J connectivity index is 1.70. The molecule has 5 rings (SSSR count). The molecule has 0 saturated carbocycles. The summed E-state index contributed by atoms with van der Waals surface area (Å²) >= 11 is 0. The highest BCUT2D eigenvalue weighted by molar-refractivity contribution is 5.87. The van der Waals surface area contributed by atoms with Gasteiger partial charge < -0.3 is 15.2 Å². The standard InChI is InChI=1S/C26H30N8O2/c1-3-4-12-33-22-23(30-25(33)32-11-7-9-18(28)15-32)31(2)26(36)34(24(22)35)16-21-20(13-27)19-10-6-5-8-17(19)14-29-21/h5-6,8,10,14,18H,3-4,7,9,11-12,15-16,28H2,1-2H3/t18-/m1/s1. The molecule has 0 amide bonds. The van der Waals surface area contributed by atoms with E-state index in [0.717, 1.165) is 47.6 Å². The number of piperidine rings is 1. The molecule has 0 aliphatic carbocycles. The van der Waals surface area contributed by atoms with Crippen molar-refractivity contribution < 1.29 is 0 Å². The molecule has 1 atom stereocenters. The van der Waals surface area contributed by atoms with Gasteiger partial charge in [-0.1, -0.05) is 37.6 Å². The Labute approximate surface area is 208 Å². The number of pyridine rings is 1. The summed E-state index contributed by atoms with van der Waals surface area (Å²) in [5.74, 6) is 0.681. The van der Waals surface area contributed by atoms with Crippen LogP contribution in [-0.2, 0) is 20.1 Å². The molecule has 4 heterocycles. The number of hydrogen-bond acceptors (Lipinski definition) is 7. The Kier molecular flexibility index (Phi) is 6.33. The molecule has 0 spiro atoms. The van der Waals surface area contributed by atoms with Crippen LogP contribution in [0.3, 0.4) is 0 Å². The molecule has 1 aliphatic rings. The van der Waals surface area contributed by atoms with Gasteiger partial charge in [0.05, 0.1) is 17.8 Å². The smallest absolute Gasteiger partial charge is 0.332 e. The van der Waals surface area contributed by atoms with Gasteiger partial charge in [0.15, 0.2) is 11.2 Å². The Morgan fingerprint density at radius 1 is 1.22 bits per heavy atom. The molecule has 3 aromatic heterocycles. The van der Waals surface area contributed by atoms with E-state index in [4.69, 9.17) is 10.7 Å². The van der Waals surface area contributed by atoms with Gasteiger partial charge in [-0.3, -0.25) is 18.9 Å². The zero-order valence-corrected chi connectivity index (χ0v) is 20.6. The molecule has 36 heavy (non-hydrogen) atoms. The number of nitriles is 1. The summed E-state index contributed by atoms with van der Waals surface area (Å²) < 4.78 is 4.52. The first-order valence-electron chi connectivity index (χ1n) is 12.4. The van der Waals surface area contributed by atoms with Crippen molar-refractivity contribution in [3.05, 3.63) is 62.6 Å². The minimum absolute atomic E-state index is 0.0436. The second-order valence-corrected chi connectivity index (χ2v) is 9.45. The number of hydrogen-bond donors (Lipinski definition) is 1. The number of nitrogens with two attached hydrogens (primary N) is 1. The van der Waals surface area contributed by atoms with Gasteiger partial charge in [0.25, 0.3) is 5.56 Å². The van der Waals surface area contributed by atoms with Gasteiger partial charge in [-0.05, 0) is 19.3 Å². The fourth-order valence-electron chi connectivity index (χ4n) is 5.06. The van der Waals surface area contributed by atoms with E-state index in [1.165, 1.54) is 4.57 Å². The average molecular weight is 487 g/mol. The van der Waals surface area contributed by atoms with Crippen LogP contribution in [0.1, 0.15) is 43.9 Å². The van der Waals surface area contributed by atoms with Crippen molar-refractivity contribution in [2.45, 2.75) is 51.7 Å². The molecule has 0 bridgehead atoms. The van der Waals surface area contributed by atoms with Gasteiger partial charge in [-0.25, -0.2) is 4.79 Å². The van der Waals surface area contributed by atoms with Crippen molar-refractivity contribution >= 4 is 27.9 Å². The Hall–Kier alpha value is -3.97. The second kappa shape index (κ2) is 9.59. The number of rotatable bonds is 6. The third-order valence-electron chi connectivity index (χ3n) is 6.99. The predicted octanol–water partition coefficient (Wildman–Crippen LogP) is 2.09. The summed E-state index contributed by atoms with van der Waals surface area (Å²) in [6.07, 6.45) is 5.39. The van der Waals surface area contributed by atoms with Gasteiger partial charge in [-0.2, -0.15) is 10.2 Å². The molecule has 186 valence electrons. The van der Waals surface area contributed by atoms with Crippen LogP contribution >= 0.6 is 0 Å². The highest BCUT2D eigenvalue weighted by atomic mass is 16.2. The van der Waals surface area contributed by atoms with Crippen molar-refractivity contribution in [3.8, 4) is 6.07 Å². The van der Waals surface area contributed by atoms with Crippen LogP contribution in [0.2, 0.25) is 0 Å². The van der Waals surface area contributed by atoms with Gasteiger partial charge in [0.2, 0.25) is 5.95 Å². The van der Waals surface area contributed by atoms with Crippen LogP contribution < -0.4 is 21.9 Å². The zero-order valence-electron chi connectivity index (χ0n) is 20.6. The van der Waals surface area contributed by atoms with Crippen molar-refractivity contribution in [1.82, 2.24) is 23.7 Å². The number of aromatic nitrogens is 5. The van der Waals surface area contributed by atoms with Crippen LogP contribution in [-0.4, -0.2) is 42.8 Å². The van der Waals surface area contributed by atoms with E-state index in [1.54, 1.807) is 13.2 Å². The SMILES string of the molecule is CCCCn1c(N2CCC[C@@H](N)C2)nc2c1c(=O)n(Cc1ncc3ccccc3c1C#N)c(=O)n2C. The largest absolute Gasteiger partial charge is 0.341 e. The highest BCUT2D eigenvalue weighted by Crippen LogP contribution is 2.24. The van der Waals surface area contributed by atoms with Crippen molar-refractivity contribution in [3.63, 3.8) is 0 Å². The molecule has 1 saturated heterocycles. The van der Waals surface area contributed by atoms with E-state index in [9.17, 15) is 14.9 Å². The number of aryl methyl sites for hydroxylation is 2. The normalized spacial score (nSPS) is 16.1. The van der Waals surface area contributed by atoms with Crippen molar-refractivity contribution in [1.29, 1.82) is 5.26 Å². The summed E-state index contributed by atoms with van der Waals surface area (Å²) in [5.41, 5.74) is 6.81. The summed E-state index contributed by atoms with van der Waals surface area (Å²) in [6.45, 7) is 4.07. The first-order chi connectivity index (χ1) is 17.4. The maximum absolute atomic E-state index is 13.8. The van der Waals surface area contributed by atoms with Crippen LogP contribution in [0, 0.1) is 11.3 Å². The zero-order chi connectivity index (χ0) is 25.4. The average Bonchev–Trinajstić information content (AvgIpc) is 3.28. The van der Waals surface area contributed by atoms with Crippen LogP contribution in [0.5, 0.6) is 0 Å². The maximum Gasteiger partial charge on any atom is 0.332 e. The van der Waals surface area contributed by atoms with Crippen LogP contribution in [0.15, 0.2) is 40.1 Å². The lowest BCUT2D eigenvalue weighted by atomic mass is 10.1. The molecule has 4 aromatic rings. The Morgan fingerprint density at radius 3 is 2.78 bits per heavy atom. The molecule has 0 unspecified atom stereocenters. The van der Waals surface area contributed by atoms with Gasteiger partial charge in [0.1, 0.15) is 6.07 Å². The lowest BCUT2D eigenvalue weighted by Crippen LogP contribution is -2.44. The van der Waals surface area contributed by atoms with Gasteiger partial charge in [0, 0.05) is 49.7 Å². The molecule has 1 fully saturated rings. The molecule has 1 aliphatic heterocycles. The topological polar surface area (TPSA) is 128 Å². The summed E-state index contributed by atoms with van der Waals surface area (Å²) in [4.78, 5) is 38.6. The van der Waals surface area contributed by atoms with E-state index in [1.807, 2.05) is 28.8 Å². The van der Waals surface area contributed by atoms with E-state index >= 15 is 0 Å². The number of unbranched alkanes of at least 4 members (excludes halogenated alkanes) is 1. The molecule has 10 nitrogen and oxygen atoms in total. The van der Waals surface area contributed by atoms with E-state index in [-0.39, 0.29) is 12.6 Å². The number of fused-ring (bicyclic) bond motifs is 2. The van der Waals surface area contributed by atoms with Crippen molar-refractivity contribution in [2.24, 2.45) is 12.8 Å². The van der Waals surface area contributed by atoms with Gasteiger partial charge in [-0.15, -0.1) is 0 Å². The van der Waals surface area contributed by atoms with E-state index < -0.39 is 11.2 Å². The first-order valence-corrected chi connectivity index (χ1v) is 12.4. The monoisotopic (exact) mass is 486 g/mol. The highest BCUT2D eigenvalue weighted by Gasteiger charge is 2.26. The second-order valence-electron chi connectivity index (χ2n) is 9.45. The number of nitrogens with zero attached hydrogens (tertiary/aromatic N) is 7. The number of benzene rings is 1. The summed E-state index contributed by atoms with van der Waals surface area (Å²) in [5, 5.41) is 11.5. The summed E-state index contributed by atoms with van der Waals surface area (Å²) in [7, 11) is 1.63. The minimum atomic E-state index is -0.492.